The van der Waals surface area contributed by atoms with Gasteiger partial charge in [-0.3, -0.25) is 0 Å². The van der Waals surface area contributed by atoms with E-state index < -0.39 is 0 Å². The summed E-state index contributed by atoms with van der Waals surface area (Å²) in [7, 11) is 0. The number of unbranched alkanes of at least 4 members (excludes halogenated alkanes) is 6. The van der Waals surface area contributed by atoms with Gasteiger partial charge in [0.1, 0.15) is 0 Å². The molecule has 0 aliphatic heterocycles. The van der Waals surface area contributed by atoms with Crippen molar-refractivity contribution < 1.29 is 0 Å². The van der Waals surface area contributed by atoms with Gasteiger partial charge in [0.15, 0.2) is 0 Å². The SMILES string of the molecule is CCCCCCC(C)(CCCCCC)c1cc(Br)sc1-c1sccc1C. The zero-order valence-electron chi connectivity index (χ0n) is 17.0. The second-order valence-electron chi connectivity index (χ2n) is 7.91. The van der Waals surface area contributed by atoms with E-state index in [1.54, 1.807) is 5.56 Å². The lowest BCUT2D eigenvalue weighted by Gasteiger charge is -2.31. The summed E-state index contributed by atoms with van der Waals surface area (Å²) in [5.41, 5.74) is 3.31. The van der Waals surface area contributed by atoms with Crippen LogP contribution in [-0.4, -0.2) is 0 Å². The second-order valence-corrected chi connectivity index (χ2v) is 11.3. The highest BCUT2D eigenvalue weighted by Gasteiger charge is 2.31. The van der Waals surface area contributed by atoms with Crippen molar-refractivity contribution in [1.82, 2.24) is 0 Å². The predicted molar refractivity (Wildman–Crippen MR) is 125 cm³/mol. The van der Waals surface area contributed by atoms with Gasteiger partial charge in [-0.15, -0.1) is 22.7 Å². The molecule has 0 atom stereocenters. The Labute approximate surface area is 177 Å². The zero-order chi connectivity index (χ0) is 19.0. The van der Waals surface area contributed by atoms with E-state index >= 15 is 0 Å². The largest absolute Gasteiger partial charge is 0.143 e. The Hall–Kier alpha value is -0.120. The van der Waals surface area contributed by atoms with Gasteiger partial charge in [-0.1, -0.05) is 72.1 Å². The van der Waals surface area contributed by atoms with Crippen molar-refractivity contribution in [2.75, 3.05) is 0 Å². The molecule has 26 heavy (non-hydrogen) atoms. The van der Waals surface area contributed by atoms with Gasteiger partial charge in [-0.05, 0) is 69.8 Å². The average molecular weight is 456 g/mol. The monoisotopic (exact) mass is 454 g/mol. The summed E-state index contributed by atoms with van der Waals surface area (Å²) in [6, 6.07) is 4.69. The summed E-state index contributed by atoms with van der Waals surface area (Å²) in [4.78, 5) is 2.99. The Bertz CT molecular complexity index is 641. The number of halogens is 1. The number of aryl methyl sites for hydroxylation is 1. The third-order valence-corrected chi connectivity index (χ3v) is 8.40. The summed E-state index contributed by atoms with van der Waals surface area (Å²) >= 11 is 7.62. The van der Waals surface area contributed by atoms with Crippen molar-refractivity contribution in [3.05, 3.63) is 32.4 Å². The summed E-state index contributed by atoms with van der Waals surface area (Å²) in [6.45, 7) is 9.39. The average Bonchev–Trinajstić information content (AvgIpc) is 3.21. The highest BCUT2D eigenvalue weighted by Crippen LogP contribution is 2.48. The number of rotatable bonds is 12. The number of hydrogen-bond donors (Lipinski definition) is 0. The van der Waals surface area contributed by atoms with Crippen LogP contribution >= 0.6 is 38.6 Å². The first kappa shape index (κ1) is 22.2. The van der Waals surface area contributed by atoms with Gasteiger partial charge >= 0.3 is 0 Å². The Balaban J connectivity index is 2.27. The lowest BCUT2D eigenvalue weighted by atomic mass is 9.74. The Kier molecular flexibility index (Phi) is 9.40. The lowest BCUT2D eigenvalue weighted by molar-refractivity contribution is 0.366. The maximum atomic E-state index is 3.79. The minimum Gasteiger partial charge on any atom is -0.143 e. The van der Waals surface area contributed by atoms with Crippen LogP contribution in [0.15, 0.2) is 21.3 Å². The first-order chi connectivity index (χ1) is 12.5. The fourth-order valence-electron chi connectivity index (χ4n) is 3.86. The molecule has 0 saturated heterocycles. The first-order valence-electron chi connectivity index (χ1n) is 10.4. The van der Waals surface area contributed by atoms with Gasteiger partial charge in [0.05, 0.1) is 3.79 Å². The Morgan fingerprint density at radius 2 is 1.54 bits per heavy atom. The van der Waals surface area contributed by atoms with Crippen molar-refractivity contribution in [2.45, 2.75) is 97.3 Å². The Morgan fingerprint density at radius 3 is 2.04 bits per heavy atom. The van der Waals surface area contributed by atoms with Crippen LogP contribution in [0.4, 0.5) is 0 Å². The standard InChI is InChI=1S/C23H35BrS2/c1-5-7-9-11-14-23(4,15-12-10-8-6-2)19-17-20(24)26-22(19)21-18(3)13-16-25-21/h13,16-17H,5-12,14-15H2,1-4H3. The third-order valence-electron chi connectivity index (χ3n) is 5.58. The van der Waals surface area contributed by atoms with E-state index in [9.17, 15) is 0 Å². The molecule has 2 aromatic rings. The van der Waals surface area contributed by atoms with Gasteiger partial charge in [-0.2, -0.15) is 0 Å². The van der Waals surface area contributed by atoms with Crippen LogP contribution in [0.3, 0.4) is 0 Å². The van der Waals surface area contributed by atoms with E-state index in [1.807, 2.05) is 22.7 Å². The van der Waals surface area contributed by atoms with Gasteiger partial charge in [0.2, 0.25) is 0 Å². The molecule has 146 valence electrons. The normalized spacial score (nSPS) is 12.0. The molecule has 0 radical (unpaired) electrons. The van der Waals surface area contributed by atoms with Crippen molar-refractivity contribution in [2.24, 2.45) is 0 Å². The number of thiophene rings is 2. The zero-order valence-corrected chi connectivity index (χ0v) is 20.2. The maximum absolute atomic E-state index is 3.79. The van der Waals surface area contributed by atoms with Gasteiger partial charge < -0.3 is 0 Å². The van der Waals surface area contributed by atoms with Crippen molar-refractivity contribution in [3.8, 4) is 9.75 Å². The highest BCUT2D eigenvalue weighted by molar-refractivity contribution is 9.11. The quantitative estimate of drug-likeness (QED) is 0.279. The molecule has 0 spiro atoms. The van der Waals surface area contributed by atoms with E-state index in [2.05, 4.69) is 61.1 Å². The molecule has 3 heteroatoms. The minimum atomic E-state index is 0.301. The van der Waals surface area contributed by atoms with E-state index in [-0.39, 0.29) is 0 Å². The van der Waals surface area contributed by atoms with Gasteiger partial charge in [0.25, 0.3) is 0 Å². The molecule has 2 heterocycles. The molecule has 0 fully saturated rings. The summed E-state index contributed by atoms with van der Waals surface area (Å²) in [5, 5.41) is 2.24. The third kappa shape index (κ3) is 5.94. The van der Waals surface area contributed by atoms with E-state index in [0.29, 0.717) is 5.41 Å². The topological polar surface area (TPSA) is 0 Å². The van der Waals surface area contributed by atoms with Crippen LogP contribution in [0.5, 0.6) is 0 Å². The predicted octanol–water partition coefficient (Wildman–Crippen LogP) is 9.75. The van der Waals surface area contributed by atoms with Crippen LogP contribution in [0.25, 0.3) is 9.75 Å². The van der Waals surface area contributed by atoms with Crippen molar-refractivity contribution >= 4 is 38.6 Å². The maximum Gasteiger partial charge on any atom is 0.0708 e. The lowest BCUT2D eigenvalue weighted by Crippen LogP contribution is -2.22. The molecular formula is C23H35BrS2. The molecule has 0 aromatic carbocycles. The molecule has 0 nitrogen and oxygen atoms in total. The van der Waals surface area contributed by atoms with Crippen LogP contribution in [-0.2, 0) is 5.41 Å². The molecular weight excluding hydrogens is 420 g/mol. The molecule has 2 aromatic heterocycles. The molecule has 0 amide bonds. The molecule has 0 aliphatic carbocycles. The summed E-state index contributed by atoms with van der Waals surface area (Å²) in [6.07, 6.45) is 13.5. The van der Waals surface area contributed by atoms with Gasteiger partial charge in [0, 0.05) is 9.75 Å². The van der Waals surface area contributed by atoms with E-state index in [0.717, 1.165) is 0 Å². The molecule has 0 bridgehead atoms. The molecule has 0 N–H and O–H groups in total. The van der Waals surface area contributed by atoms with Crippen LogP contribution < -0.4 is 0 Å². The van der Waals surface area contributed by atoms with Crippen molar-refractivity contribution in [1.29, 1.82) is 0 Å². The first-order valence-corrected chi connectivity index (χ1v) is 12.8. The summed E-state index contributed by atoms with van der Waals surface area (Å²) < 4.78 is 1.28. The minimum absolute atomic E-state index is 0.301. The van der Waals surface area contributed by atoms with Crippen molar-refractivity contribution in [3.63, 3.8) is 0 Å². The number of hydrogen-bond acceptors (Lipinski definition) is 2. The molecule has 0 saturated carbocycles. The van der Waals surface area contributed by atoms with Crippen LogP contribution in [0, 0.1) is 6.92 Å². The molecule has 2 rings (SSSR count). The smallest absolute Gasteiger partial charge is 0.0708 e. The van der Waals surface area contributed by atoms with Gasteiger partial charge in [-0.25, -0.2) is 0 Å². The van der Waals surface area contributed by atoms with E-state index in [1.165, 1.54) is 83.3 Å². The fourth-order valence-corrected chi connectivity index (χ4v) is 6.77. The highest BCUT2D eigenvalue weighted by atomic mass is 79.9. The van der Waals surface area contributed by atoms with E-state index in [4.69, 9.17) is 0 Å². The Morgan fingerprint density at radius 1 is 0.923 bits per heavy atom. The second kappa shape index (κ2) is 11.0. The molecule has 0 aliphatic rings. The van der Waals surface area contributed by atoms with Crippen LogP contribution in [0.1, 0.15) is 96.1 Å². The van der Waals surface area contributed by atoms with Crippen LogP contribution in [0.2, 0.25) is 0 Å². The fraction of sp³-hybridized carbons (Fsp3) is 0.652. The summed E-state index contributed by atoms with van der Waals surface area (Å²) in [5.74, 6) is 0. The molecule has 0 unspecified atom stereocenters.